The highest BCUT2D eigenvalue weighted by molar-refractivity contribution is 5.98. The second-order valence-corrected chi connectivity index (χ2v) is 5.67. The molecule has 106 valence electrons. The lowest BCUT2D eigenvalue weighted by molar-refractivity contribution is 0.0913. The fraction of sp³-hybridized carbons (Fsp3) is 0.714. The van der Waals surface area contributed by atoms with Crippen LogP contribution in [0.25, 0.3) is 0 Å². The van der Waals surface area contributed by atoms with Crippen molar-refractivity contribution in [2.75, 3.05) is 5.73 Å². The van der Waals surface area contributed by atoms with Crippen molar-refractivity contribution in [2.24, 2.45) is 13.0 Å². The van der Waals surface area contributed by atoms with Gasteiger partial charge in [0.2, 0.25) is 0 Å². The van der Waals surface area contributed by atoms with Crippen LogP contribution in [0.4, 0.5) is 5.69 Å². The van der Waals surface area contributed by atoms with Crippen LogP contribution in [0.2, 0.25) is 0 Å². The van der Waals surface area contributed by atoms with Gasteiger partial charge in [0.25, 0.3) is 5.91 Å². The van der Waals surface area contributed by atoms with Gasteiger partial charge in [-0.3, -0.25) is 9.48 Å². The molecule has 1 aromatic heterocycles. The molecule has 1 saturated carbocycles. The summed E-state index contributed by atoms with van der Waals surface area (Å²) in [5.74, 6) is 0.432. The minimum Gasteiger partial charge on any atom is -0.395 e. The van der Waals surface area contributed by atoms with Gasteiger partial charge in [-0.1, -0.05) is 26.2 Å². The number of nitrogen functional groups attached to an aromatic ring is 1. The molecule has 1 fully saturated rings. The van der Waals surface area contributed by atoms with Crippen molar-refractivity contribution in [3.63, 3.8) is 0 Å². The quantitative estimate of drug-likeness (QED) is 0.802. The summed E-state index contributed by atoms with van der Waals surface area (Å²) in [7, 11) is 1.76. The van der Waals surface area contributed by atoms with Crippen molar-refractivity contribution in [1.82, 2.24) is 15.1 Å². The maximum atomic E-state index is 12.4. The van der Waals surface area contributed by atoms with Crippen molar-refractivity contribution in [3.05, 3.63) is 11.4 Å². The zero-order valence-electron chi connectivity index (χ0n) is 12.1. The van der Waals surface area contributed by atoms with Crippen molar-refractivity contribution >= 4 is 11.6 Å². The number of carbonyl (C=O) groups excluding carboxylic acids is 1. The largest absolute Gasteiger partial charge is 0.395 e. The van der Waals surface area contributed by atoms with Crippen LogP contribution in [0.3, 0.4) is 0 Å². The molecule has 0 spiro atoms. The molecule has 3 N–H and O–H groups in total. The average Bonchev–Trinajstić information content (AvgIpc) is 2.51. The normalized spacial score (nSPS) is 23.9. The van der Waals surface area contributed by atoms with E-state index in [0.29, 0.717) is 23.0 Å². The van der Waals surface area contributed by atoms with E-state index in [0.717, 1.165) is 6.42 Å². The average molecular weight is 264 g/mol. The molecule has 0 radical (unpaired) electrons. The van der Waals surface area contributed by atoms with Crippen LogP contribution < -0.4 is 11.1 Å². The topological polar surface area (TPSA) is 72.9 Å². The Balaban J connectivity index is 2.11. The van der Waals surface area contributed by atoms with E-state index in [-0.39, 0.29) is 11.9 Å². The second-order valence-electron chi connectivity index (χ2n) is 5.67. The summed E-state index contributed by atoms with van der Waals surface area (Å²) in [4.78, 5) is 12.4. The number of rotatable bonds is 2. The molecule has 1 aromatic rings. The van der Waals surface area contributed by atoms with E-state index >= 15 is 0 Å². The molecule has 0 saturated heterocycles. The number of aryl methyl sites for hydroxylation is 2. The lowest BCUT2D eigenvalue weighted by atomic mass is 9.97. The summed E-state index contributed by atoms with van der Waals surface area (Å²) in [5, 5.41) is 7.33. The van der Waals surface area contributed by atoms with Gasteiger partial charge >= 0.3 is 0 Å². The number of nitrogens with zero attached hydrogens (tertiary/aromatic N) is 2. The zero-order chi connectivity index (χ0) is 14.0. The molecule has 0 aromatic carbocycles. The molecule has 1 aliphatic carbocycles. The van der Waals surface area contributed by atoms with Gasteiger partial charge in [0, 0.05) is 13.1 Å². The van der Waals surface area contributed by atoms with Gasteiger partial charge in [0.05, 0.1) is 11.4 Å². The summed E-state index contributed by atoms with van der Waals surface area (Å²) in [6.07, 6.45) is 5.97. The van der Waals surface area contributed by atoms with Crippen molar-refractivity contribution in [2.45, 2.75) is 52.0 Å². The van der Waals surface area contributed by atoms with E-state index in [1.807, 2.05) is 6.92 Å². The van der Waals surface area contributed by atoms with Crippen molar-refractivity contribution in [3.8, 4) is 0 Å². The Morgan fingerprint density at radius 1 is 1.37 bits per heavy atom. The number of aromatic nitrogens is 2. The minimum absolute atomic E-state index is 0.0978. The molecule has 2 atom stereocenters. The Kier molecular flexibility index (Phi) is 4.12. The highest BCUT2D eigenvalue weighted by Gasteiger charge is 2.25. The molecule has 2 rings (SSSR count). The summed E-state index contributed by atoms with van der Waals surface area (Å²) in [6.45, 7) is 4.04. The fourth-order valence-electron chi connectivity index (χ4n) is 2.89. The molecule has 19 heavy (non-hydrogen) atoms. The minimum atomic E-state index is -0.0978. The first-order valence-electron chi connectivity index (χ1n) is 7.10. The zero-order valence-corrected chi connectivity index (χ0v) is 12.1. The van der Waals surface area contributed by atoms with Gasteiger partial charge in [-0.2, -0.15) is 5.10 Å². The third kappa shape index (κ3) is 2.91. The van der Waals surface area contributed by atoms with Crippen LogP contribution in [0.1, 0.15) is 55.2 Å². The summed E-state index contributed by atoms with van der Waals surface area (Å²) >= 11 is 0. The summed E-state index contributed by atoms with van der Waals surface area (Å²) in [6, 6.07) is 0.254. The van der Waals surface area contributed by atoms with Crippen LogP contribution >= 0.6 is 0 Å². The first-order chi connectivity index (χ1) is 9.00. The highest BCUT2D eigenvalue weighted by Crippen LogP contribution is 2.24. The van der Waals surface area contributed by atoms with Gasteiger partial charge in [-0.05, 0) is 25.7 Å². The molecule has 2 unspecified atom stereocenters. The predicted octanol–water partition coefficient (Wildman–Crippen LogP) is 2.01. The lowest BCUT2D eigenvalue weighted by Gasteiger charge is -2.22. The van der Waals surface area contributed by atoms with Crippen LogP contribution in [0, 0.1) is 12.8 Å². The van der Waals surface area contributed by atoms with E-state index in [4.69, 9.17) is 5.73 Å². The standard InChI is InChI=1S/C14H24N4O/c1-9-7-5-4-6-8-11(9)16-14(19)13-12(15)10(2)17-18(13)3/h9,11H,4-8,15H2,1-3H3,(H,16,19). The Labute approximate surface area is 114 Å². The highest BCUT2D eigenvalue weighted by atomic mass is 16.2. The van der Waals surface area contributed by atoms with Gasteiger partial charge in [-0.15, -0.1) is 0 Å². The number of amides is 1. The van der Waals surface area contributed by atoms with Gasteiger partial charge in [-0.25, -0.2) is 0 Å². The molecular weight excluding hydrogens is 240 g/mol. The maximum Gasteiger partial charge on any atom is 0.271 e. The van der Waals surface area contributed by atoms with Gasteiger partial charge in [0.1, 0.15) is 5.69 Å². The molecule has 5 heteroatoms. The predicted molar refractivity (Wildman–Crippen MR) is 75.9 cm³/mol. The number of hydrogen-bond acceptors (Lipinski definition) is 3. The number of nitrogens with two attached hydrogens (primary N) is 1. The molecule has 0 aliphatic heterocycles. The Hall–Kier alpha value is -1.52. The smallest absolute Gasteiger partial charge is 0.271 e. The third-order valence-corrected chi connectivity index (χ3v) is 4.16. The molecular formula is C14H24N4O. The third-order valence-electron chi connectivity index (χ3n) is 4.16. The number of hydrogen-bond donors (Lipinski definition) is 2. The van der Waals surface area contributed by atoms with Gasteiger partial charge < -0.3 is 11.1 Å². The van der Waals surface area contributed by atoms with Gasteiger partial charge in [0.15, 0.2) is 0 Å². The molecule has 5 nitrogen and oxygen atoms in total. The number of anilines is 1. The molecule has 1 aliphatic rings. The van der Waals surface area contributed by atoms with Crippen LogP contribution in [0.15, 0.2) is 0 Å². The van der Waals surface area contributed by atoms with Crippen LogP contribution in [-0.2, 0) is 7.05 Å². The number of carbonyl (C=O) groups is 1. The molecule has 0 bridgehead atoms. The summed E-state index contributed by atoms with van der Waals surface area (Å²) < 4.78 is 1.57. The van der Waals surface area contributed by atoms with E-state index in [1.165, 1.54) is 25.7 Å². The lowest BCUT2D eigenvalue weighted by Crippen LogP contribution is -2.39. The van der Waals surface area contributed by atoms with Crippen molar-refractivity contribution in [1.29, 1.82) is 0 Å². The van der Waals surface area contributed by atoms with E-state index in [2.05, 4.69) is 17.3 Å². The van der Waals surface area contributed by atoms with E-state index < -0.39 is 0 Å². The first kappa shape index (κ1) is 13.9. The first-order valence-corrected chi connectivity index (χ1v) is 7.10. The molecule has 1 amide bonds. The Bertz CT molecular complexity index is 466. The molecule has 1 heterocycles. The van der Waals surface area contributed by atoms with Crippen LogP contribution in [0.5, 0.6) is 0 Å². The maximum absolute atomic E-state index is 12.4. The monoisotopic (exact) mass is 264 g/mol. The van der Waals surface area contributed by atoms with E-state index in [9.17, 15) is 4.79 Å². The van der Waals surface area contributed by atoms with E-state index in [1.54, 1.807) is 11.7 Å². The van der Waals surface area contributed by atoms with Crippen molar-refractivity contribution < 1.29 is 4.79 Å². The Morgan fingerprint density at radius 3 is 2.68 bits per heavy atom. The van der Waals surface area contributed by atoms with Crippen LogP contribution in [-0.4, -0.2) is 21.7 Å². The SMILES string of the molecule is Cc1nn(C)c(C(=O)NC2CCCCCC2C)c1N. The second kappa shape index (κ2) is 5.63. The fourth-order valence-corrected chi connectivity index (χ4v) is 2.89. The number of nitrogens with one attached hydrogen (secondary N) is 1. The Morgan fingerprint density at radius 2 is 2.05 bits per heavy atom. The summed E-state index contributed by atoms with van der Waals surface area (Å²) in [5.41, 5.74) is 7.61.